The second kappa shape index (κ2) is 8.99. The number of ether oxygens (including phenoxy) is 1. The SMILES string of the molecule is O=C(Oc1c(I)cc(I)cc1I)C1CCC(C(=O)C(F)(F)S(=O)(=O)[O-])CC1. The maximum atomic E-state index is 13.4. The minimum absolute atomic E-state index is 0.0990. The van der Waals surface area contributed by atoms with Crippen molar-refractivity contribution in [2.45, 2.75) is 30.9 Å². The molecule has 2 rings (SSSR count). The van der Waals surface area contributed by atoms with E-state index < -0.39 is 39.0 Å². The van der Waals surface area contributed by atoms with Crippen molar-refractivity contribution in [2.24, 2.45) is 11.8 Å². The summed E-state index contributed by atoms with van der Waals surface area (Å²) in [6.07, 6.45) is -0.0152. The van der Waals surface area contributed by atoms with Crippen LogP contribution in [-0.2, 0) is 19.7 Å². The number of halogens is 5. The van der Waals surface area contributed by atoms with Crippen molar-refractivity contribution >= 4 is 89.6 Å². The molecule has 12 heteroatoms. The highest BCUT2D eigenvalue weighted by molar-refractivity contribution is 14.1. The molecule has 0 atom stereocenters. The average Bonchev–Trinajstić information content (AvgIpc) is 2.56. The lowest BCUT2D eigenvalue weighted by atomic mass is 9.80. The van der Waals surface area contributed by atoms with E-state index in [2.05, 4.69) is 22.6 Å². The molecular formula is C15H12F2I3O6S-. The molecule has 27 heavy (non-hydrogen) atoms. The van der Waals surface area contributed by atoms with Crippen LogP contribution in [0, 0.1) is 22.5 Å². The predicted molar refractivity (Wildman–Crippen MR) is 115 cm³/mol. The number of carbonyl (C=O) groups excluding carboxylic acids is 2. The molecule has 1 aromatic rings. The first kappa shape index (κ1) is 23.6. The molecule has 0 radical (unpaired) electrons. The summed E-state index contributed by atoms with van der Waals surface area (Å²) in [6.45, 7) is 0. The number of esters is 1. The molecule has 1 aromatic carbocycles. The summed E-state index contributed by atoms with van der Waals surface area (Å²) < 4.78 is 66.6. The Balaban J connectivity index is 2.02. The third-order valence-corrected chi connectivity index (χ3v) is 7.25. The second-order valence-corrected chi connectivity index (χ2v) is 11.0. The summed E-state index contributed by atoms with van der Waals surface area (Å²) in [5, 5.41) is -4.95. The summed E-state index contributed by atoms with van der Waals surface area (Å²) in [6, 6.07) is 3.68. The van der Waals surface area contributed by atoms with Crippen LogP contribution in [0.4, 0.5) is 8.78 Å². The fourth-order valence-electron chi connectivity index (χ4n) is 2.76. The summed E-state index contributed by atoms with van der Waals surface area (Å²) in [5.74, 6) is -3.86. The zero-order valence-corrected chi connectivity index (χ0v) is 20.7. The van der Waals surface area contributed by atoms with Crippen molar-refractivity contribution in [3.05, 3.63) is 22.8 Å². The van der Waals surface area contributed by atoms with Crippen LogP contribution in [0.1, 0.15) is 25.7 Å². The van der Waals surface area contributed by atoms with Crippen molar-refractivity contribution in [3.63, 3.8) is 0 Å². The highest BCUT2D eigenvalue weighted by atomic mass is 127. The van der Waals surface area contributed by atoms with Crippen LogP contribution in [0.25, 0.3) is 0 Å². The van der Waals surface area contributed by atoms with Crippen molar-refractivity contribution < 1.29 is 36.1 Å². The molecule has 150 valence electrons. The number of carbonyl (C=O) groups is 2. The second-order valence-electron chi connectivity index (χ2n) is 6.00. The zero-order valence-electron chi connectivity index (χ0n) is 13.4. The Labute approximate surface area is 195 Å². The third-order valence-electron chi connectivity index (χ3n) is 4.20. The van der Waals surface area contributed by atoms with Crippen molar-refractivity contribution in [1.29, 1.82) is 0 Å². The van der Waals surface area contributed by atoms with Gasteiger partial charge in [-0.2, -0.15) is 8.78 Å². The predicted octanol–water partition coefficient (Wildman–Crippen LogP) is 3.92. The summed E-state index contributed by atoms with van der Waals surface area (Å²) in [5.41, 5.74) is 0. The van der Waals surface area contributed by atoms with Crippen molar-refractivity contribution in [1.82, 2.24) is 0 Å². The standard InChI is InChI=1S/C15H13F2I3O6S/c16-15(17,27(23,24)25)13(21)7-1-3-8(4-2-7)14(22)26-12-10(19)5-9(18)6-11(12)20/h5-8H,1-4H2,(H,23,24,25)/p-1. The molecule has 0 saturated heterocycles. The quantitative estimate of drug-likeness (QED) is 0.197. The molecule has 1 aliphatic carbocycles. The van der Waals surface area contributed by atoms with E-state index in [1.54, 1.807) is 0 Å². The fraction of sp³-hybridized carbons (Fsp3) is 0.467. The van der Waals surface area contributed by atoms with Gasteiger partial charge in [-0.25, -0.2) is 8.42 Å². The van der Waals surface area contributed by atoms with Gasteiger partial charge in [0, 0.05) is 9.49 Å². The first-order valence-electron chi connectivity index (χ1n) is 7.58. The first-order valence-corrected chi connectivity index (χ1v) is 12.2. The van der Waals surface area contributed by atoms with Crippen molar-refractivity contribution in [3.8, 4) is 5.75 Å². The smallest absolute Gasteiger partial charge is 0.391 e. The molecule has 1 saturated carbocycles. The van der Waals surface area contributed by atoms with Crippen molar-refractivity contribution in [2.75, 3.05) is 0 Å². The molecule has 6 nitrogen and oxygen atoms in total. The van der Waals surface area contributed by atoms with Gasteiger partial charge in [-0.15, -0.1) is 0 Å². The van der Waals surface area contributed by atoms with Gasteiger partial charge < -0.3 is 9.29 Å². The molecule has 0 spiro atoms. The van der Waals surface area contributed by atoms with E-state index >= 15 is 0 Å². The highest BCUT2D eigenvalue weighted by Gasteiger charge is 2.50. The Morgan fingerprint density at radius 3 is 1.93 bits per heavy atom. The van der Waals surface area contributed by atoms with E-state index in [9.17, 15) is 31.3 Å². The monoisotopic (exact) mass is 739 g/mol. The Kier molecular flexibility index (Phi) is 7.86. The normalized spacial score (nSPS) is 21.0. The maximum absolute atomic E-state index is 13.4. The highest BCUT2D eigenvalue weighted by Crippen LogP contribution is 2.37. The van der Waals surface area contributed by atoms with Gasteiger partial charge in [-0.3, -0.25) is 9.59 Å². The van der Waals surface area contributed by atoms with E-state index in [0.29, 0.717) is 5.75 Å². The molecule has 1 fully saturated rings. The van der Waals surface area contributed by atoms with Crippen LogP contribution in [-0.4, -0.2) is 30.0 Å². The van der Waals surface area contributed by atoms with E-state index in [1.165, 1.54) is 0 Å². The van der Waals surface area contributed by atoms with Crippen LogP contribution in [0.5, 0.6) is 5.75 Å². The zero-order chi connectivity index (χ0) is 20.6. The molecule has 0 amide bonds. The Bertz CT molecular complexity index is 843. The van der Waals surface area contributed by atoms with Gasteiger partial charge in [0.1, 0.15) is 0 Å². The molecule has 0 heterocycles. The topological polar surface area (TPSA) is 101 Å². The Hall–Kier alpha value is 0.320. The average molecular weight is 739 g/mol. The molecular weight excluding hydrogens is 727 g/mol. The maximum Gasteiger partial charge on any atom is 0.391 e. The van der Waals surface area contributed by atoms with Gasteiger partial charge in [0.2, 0.25) is 5.78 Å². The molecule has 1 aliphatic rings. The van der Waals surface area contributed by atoms with E-state index in [0.717, 1.165) is 10.7 Å². The van der Waals surface area contributed by atoms with Gasteiger partial charge in [0.25, 0.3) is 0 Å². The first-order chi connectivity index (χ1) is 12.3. The molecule has 0 bridgehead atoms. The lowest BCUT2D eigenvalue weighted by molar-refractivity contribution is -0.144. The number of ketones is 1. The number of Topliss-reactive ketones (excluding diaryl/α,β-unsaturated/α-hetero) is 1. The van der Waals surface area contributed by atoms with E-state index in [4.69, 9.17) is 4.74 Å². The van der Waals surface area contributed by atoms with Crippen LogP contribution < -0.4 is 4.74 Å². The number of hydrogen-bond donors (Lipinski definition) is 0. The summed E-state index contributed by atoms with van der Waals surface area (Å²) >= 11 is 6.22. The number of hydrogen-bond acceptors (Lipinski definition) is 6. The minimum Gasteiger partial charge on any atom is -0.743 e. The largest absolute Gasteiger partial charge is 0.743 e. The van der Waals surface area contributed by atoms with Crippen LogP contribution in [0.2, 0.25) is 0 Å². The van der Waals surface area contributed by atoms with Gasteiger partial charge >= 0.3 is 11.2 Å². The third kappa shape index (κ3) is 5.48. The molecule has 0 aromatic heterocycles. The molecule has 0 aliphatic heterocycles. The lowest BCUT2D eigenvalue weighted by Crippen LogP contribution is -2.43. The van der Waals surface area contributed by atoms with Crippen LogP contribution in [0.15, 0.2) is 12.1 Å². The van der Waals surface area contributed by atoms with Gasteiger partial charge in [0.05, 0.1) is 13.1 Å². The van der Waals surface area contributed by atoms with Crippen LogP contribution >= 0.6 is 67.8 Å². The van der Waals surface area contributed by atoms with Gasteiger partial charge in [-0.1, -0.05) is 0 Å². The Morgan fingerprint density at radius 2 is 1.48 bits per heavy atom. The van der Waals surface area contributed by atoms with Gasteiger partial charge in [0.15, 0.2) is 15.9 Å². The Morgan fingerprint density at radius 1 is 1.04 bits per heavy atom. The summed E-state index contributed by atoms with van der Waals surface area (Å²) in [7, 11) is -6.06. The fourth-order valence-corrected chi connectivity index (χ4v) is 6.98. The van der Waals surface area contributed by atoms with Gasteiger partial charge in [-0.05, 0) is 106 Å². The molecule has 0 unspecified atom stereocenters. The molecule has 0 N–H and O–H groups in total. The number of benzene rings is 1. The summed E-state index contributed by atoms with van der Waals surface area (Å²) in [4.78, 5) is 24.1. The minimum atomic E-state index is -6.06. The van der Waals surface area contributed by atoms with E-state index in [1.807, 2.05) is 57.3 Å². The van der Waals surface area contributed by atoms with E-state index in [-0.39, 0.29) is 25.7 Å². The van der Waals surface area contributed by atoms with Crippen LogP contribution in [0.3, 0.4) is 0 Å². The lowest BCUT2D eigenvalue weighted by Gasteiger charge is -2.29. The number of rotatable bonds is 5. The number of alkyl halides is 2.